The molecule has 2 saturated heterocycles. The summed E-state index contributed by atoms with van der Waals surface area (Å²) in [6.45, 7) is 11.0. The third-order valence-corrected chi connectivity index (χ3v) is 7.85. The van der Waals surface area contributed by atoms with E-state index in [2.05, 4.69) is 27.4 Å². The van der Waals surface area contributed by atoms with Crippen molar-refractivity contribution < 1.29 is 9.53 Å². The van der Waals surface area contributed by atoms with Crippen LogP contribution >= 0.6 is 0 Å². The van der Waals surface area contributed by atoms with Crippen molar-refractivity contribution in [2.75, 3.05) is 0 Å². The van der Waals surface area contributed by atoms with Crippen molar-refractivity contribution in [3.63, 3.8) is 0 Å². The summed E-state index contributed by atoms with van der Waals surface area (Å²) in [6.07, 6.45) is 8.55. The Hall–Kier alpha value is -0.630. The quantitative estimate of drug-likeness (QED) is 0.678. The van der Waals surface area contributed by atoms with Crippen LogP contribution < -0.4 is 0 Å². The molecule has 0 aromatic carbocycles. The molecule has 5 aliphatic rings. The van der Waals surface area contributed by atoms with E-state index in [0.717, 1.165) is 12.8 Å². The van der Waals surface area contributed by atoms with Crippen LogP contribution in [0.4, 0.5) is 0 Å². The largest absolute Gasteiger partial charge is 0.366 e. The van der Waals surface area contributed by atoms with Gasteiger partial charge in [0.25, 0.3) is 0 Å². The van der Waals surface area contributed by atoms with E-state index in [1.165, 1.54) is 19.3 Å². The van der Waals surface area contributed by atoms with Gasteiger partial charge in [-0.3, -0.25) is 4.79 Å². The van der Waals surface area contributed by atoms with Crippen LogP contribution in [0.25, 0.3) is 0 Å². The molecule has 1 spiro atoms. The van der Waals surface area contributed by atoms with Crippen LogP contribution in [-0.2, 0) is 9.53 Å². The molecule has 3 saturated carbocycles. The van der Waals surface area contributed by atoms with Gasteiger partial charge in [-0.25, -0.2) is 0 Å². The van der Waals surface area contributed by atoms with E-state index in [1.54, 1.807) is 0 Å². The zero-order chi connectivity index (χ0) is 14.4. The lowest BCUT2D eigenvalue weighted by Crippen LogP contribution is -2.74. The zero-order valence-electron chi connectivity index (χ0n) is 13.0. The number of ether oxygens (including phenoxy) is 1. The molecule has 2 heterocycles. The van der Waals surface area contributed by atoms with Crippen molar-refractivity contribution >= 4 is 5.78 Å². The number of rotatable bonds is 1. The van der Waals surface area contributed by atoms with Crippen molar-refractivity contribution in [2.45, 2.75) is 70.5 Å². The maximum atomic E-state index is 12.9. The first-order valence-corrected chi connectivity index (χ1v) is 8.18. The molecule has 2 aliphatic heterocycles. The van der Waals surface area contributed by atoms with Gasteiger partial charge in [0.15, 0.2) is 0 Å². The van der Waals surface area contributed by atoms with Crippen molar-refractivity contribution in [3.05, 3.63) is 12.7 Å². The number of Topliss-reactive ketones (excluding diaryl/α,β-unsaturated/α-hetero) is 1. The van der Waals surface area contributed by atoms with Crippen LogP contribution in [0.3, 0.4) is 0 Å². The highest BCUT2D eigenvalue weighted by atomic mass is 16.5. The Balaban J connectivity index is 1.97. The van der Waals surface area contributed by atoms with E-state index in [4.69, 9.17) is 4.74 Å². The second-order valence-electron chi connectivity index (χ2n) is 8.36. The third-order valence-electron chi connectivity index (χ3n) is 7.85. The fourth-order valence-electron chi connectivity index (χ4n) is 6.78. The van der Waals surface area contributed by atoms with E-state index in [0.29, 0.717) is 18.1 Å². The fourth-order valence-corrected chi connectivity index (χ4v) is 6.78. The van der Waals surface area contributed by atoms with Crippen LogP contribution in [-0.4, -0.2) is 17.0 Å². The monoisotopic (exact) mass is 274 g/mol. The number of hydrogen-bond donors (Lipinski definition) is 0. The topological polar surface area (TPSA) is 26.3 Å². The van der Waals surface area contributed by atoms with Gasteiger partial charge in [-0.15, -0.1) is 6.58 Å². The molecule has 3 unspecified atom stereocenters. The van der Waals surface area contributed by atoms with E-state index in [9.17, 15) is 4.79 Å². The lowest BCUT2D eigenvalue weighted by atomic mass is 9.41. The Morgan fingerprint density at radius 2 is 1.95 bits per heavy atom. The number of carbonyl (C=O) groups is 1. The first-order valence-electron chi connectivity index (χ1n) is 8.18. The predicted octanol–water partition coefficient (Wildman–Crippen LogP) is 3.90. The molecule has 6 atom stereocenters. The van der Waals surface area contributed by atoms with Crippen LogP contribution in [0.15, 0.2) is 12.7 Å². The Labute approximate surface area is 122 Å². The summed E-state index contributed by atoms with van der Waals surface area (Å²) in [6, 6.07) is 0. The predicted molar refractivity (Wildman–Crippen MR) is 78.3 cm³/mol. The van der Waals surface area contributed by atoms with E-state index < -0.39 is 0 Å². The summed E-state index contributed by atoms with van der Waals surface area (Å²) in [4.78, 5) is 12.9. The van der Waals surface area contributed by atoms with Gasteiger partial charge in [-0.1, -0.05) is 32.8 Å². The van der Waals surface area contributed by atoms with Gasteiger partial charge in [0.1, 0.15) is 5.78 Å². The summed E-state index contributed by atoms with van der Waals surface area (Å²) in [5, 5.41) is 0. The summed E-state index contributed by atoms with van der Waals surface area (Å²) in [5.41, 5.74) is -0.246. The Bertz CT molecular complexity index is 512. The maximum absolute atomic E-state index is 12.9. The molecular formula is C18H26O2. The molecule has 2 heteroatoms. The Morgan fingerprint density at radius 1 is 1.25 bits per heavy atom. The Kier molecular flexibility index (Phi) is 2.22. The molecule has 20 heavy (non-hydrogen) atoms. The highest BCUT2D eigenvalue weighted by Gasteiger charge is 2.80. The average Bonchev–Trinajstić information content (AvgIpc) is 2.59. The number of ketones is 1. The molecular weight excluding hydrogens is 248 g/mol. The van der Waals surface area contributed by atoms with E-state index in [1.807, 2.05) is 6.08 Å². The third kappa shape index (κ3) is 1.06. The van der Waals surface area contributed by atoms with Gasteiger partial charge in [0.2, 0.25) is 0 Å². The molecule has 0 N–H and O–H groups in total. The van der Waals surface area contributed by atoms with Gasteiger partial charge < -0.3 is 4.74 Å². The second kappa shape index (κ2) is 3.40. The SMILES string of the molecule is C=C[C@H]1C[C@]2(C)[C@H]3C(=O)CC4(CCCCC42C)OC13C. The van der Waals surface area contributed by atoms with Crippen LogP contribution in [0, 0.1) is 22.7 Å². The van der Waals surface area contributed by atoms with Crippen molar-refractivity contribution in [1.29, 1.82) is 0 Å². The second-order valence-corrected chi connectivity index (χ2v) is 8.36. The first kappa shape index (κ1) is 13.1. The molecule has 110 valence electrons. The molecule has 0 amide bonds. The fraction of sp³-hybridized carbons (Fsp3) is 0.833. The van der Waals surface area contributed by atoms with Gasteiger partial charge in [0.05, 0.1) is 17.1 Å². The molecule has 5 rings (SSSR count). The minimum absolute atomic E-state index is 0.0722. The summed E-state index contributed by atoms with van der Waals surface area (Å²) < 4.78 is 6.81. The van der Waals surface area contributed by atoms with Crippen molar-refractivity contribution in [2.24, 2.45) is 22.7 Å². The number of hydrogen-bond acceptors (Lipinski definition) is 2. The first-order chi connectivity index (χ1) is 9.33. The van der Waals surface area contributed by atoms with Crippen LogP contribution in [0.2, 0.25) is 0 Å². The van der Waals surface area contributed by atoms with Gasteiger partial charge in [0, 0.05) is 17.8 Å². The molecule has 3 aliphatic carbocycles. The zero-order valence-corrected chi connectivity index (χ0v) is 13.0. The Morgan fingerprint density at radius 3 is 2.65 bits per heavy atom. The van der Waals surface area contributed by atoms with E-state index in [-0.39, 0.29) is 27.9 Å². The summed E-state index contributed by atoms with van der Waals surface area (Å²) >= 11 is 0. The smallest absolute Gasteiger partial charge is 0.142 e. The maximum Gasteiger partial charge on any atom is 0.142 e. The minimum Gasteiger partial charge on any atom is -0.366 e. The molecule has 0 aromatic heterocycles. The molecule has 5 fully saturated rings. The standard InChI is InChI=1S/C18H26O2/c1-5-12-10-15(2)14-13(19)11-18(20-17(12,14)4)9-7-6-8-16(15,18)3/h5,12,14H,1,6-11H2,2-4H3/t12-,14+,15+,16?,17?,18?/m0/s1. The van der Waals surface area contributed by atoms with Crippen LogP contribution in [0.1, 0.15) is 59.3 Å². The summed E-state index contributed by atoms with van der Waals surface area (Å²) in [5.74, 6) is 0.856. The van der Waals surface area contributed by atoms with Crippen molar-refractivity contribution in [3.8, 4) is 0 Å². The molecule has 0 aromatic rings. The molecule has 4 bridgehead atoms. The van der Waals surface area contributed by atoms with Gasteiger partial charge in [-0.2, -0.15) is 0 Å². The average molecular weight is 274 g/mol. The normalized spacial score (nSPS) is 60.5. The lowest BCUT2D eigenvalue weighted by molar-refractivity contribution is -0.322. The van der Waals surface area contributed by atoms with Crippen molar-refractivity contribution in [1.82, 2.24) is 0 Å². The minimum atomic E-state index is -0.303. The van der Waals surface area contributed by atoms with Gasteiger partial charge >= 0.3 is 0 Å². The van der Waals surface area contributed by atoms with E-state index >= 15 is 0 Å². The number of carbonyl (C=O) groups excluding carboxylic acids is 1. The molecule has 0 radical (unpaired) electrons. The lowest BCUT2D eigenvalue weighted by Gasteiger charge is -2.70. The van der Waals surface area contributed by atoms with Gasteiger partial charge in [-0.05, 0) is 31.6 Å². The summed E-state index contributed by atoms with van der Waals surface area (Å²) in [7, 11) is 0. The number of fused-ring (bicyclic) bond motifs is 1. The van der Waals surface area contributed by atoms with Crippen LogP contribution in [0.5, 0.6) is 0 Å². The highest BCUT2D eigenvalue weighted by molar-refractivity contribution is 5.87. The molecule has 2 nitrogen and oxygen atoms in total. The highest BCUT2D eigenvalue weighted by Crippen LogP contribution is 2.77.